The maximum Gasteiger partial charge on any atom is 0.387 e. The largest absolute Gasteiger partial charge is 0.434 e. The molecule has 144 valence electrons. The molecule has 6 nitrogen and oxygen atoms in total. The number of rotatable bonds is 4. The number of aromatic nitrogens is 3. The molecule has 8 heteroatoms. The van der Waals surface area contributed by atoms with E-state index in [4.69, 9.17) is 5.26 Å². The zero-order valence-corrected chi connectivity index (χ0v) is 15.2. The number of halogens is 2. The van der Waals surface area contributed by atoms with Crippen LogP contribution in [0.1, 0.15) is 11.1 Å². The number of nitrogens with one attached hydrogen (secondary N) is 1. The normalized spacial score (nSPS) is 11.0. The van der Waals surface area contributed by atoms with E-state index in [2.05, 4.69) is 14.8 Å². The predicted octanol–water partition coefficient (Wildman–Crippen LogP) is 4.14. The summed E-state index contributed by atoms with van der Waals surface area (Å²) in [6, 6.07) is 16.5. The van der Waals surface area contributed by atoms with Gasteiger partial charge >= 0.3 is 6.61 Å². The first kappa shape index (κ1) is 18.4. The van der Waals surface area contributed by atoms with Crippen molar-refractivity contribution in [3.8, 4) is 34.3 Å². The van der Waals surface area contributed by atoms with Crippen molar-refractivity contribution in [3.63, 3.8) is 0 Å². The number of aromatic amines is 1. The molecule has 0 saturated carbocycles. The Morgan fingerprint density at radius 2 is 1.90 bits per heavy atom. The Hall–Kier alpha value is -3.99. The molecule has 0 aliphatic heterocycles. The molecule has 0 unspecified atom stereocenters. The van der Waals surface area contributed by atoms with Crippen molar-refractivity contribution in [2.24, 2.45) is 0 Å². The van der Waals surface area contributed by atoms with Gasteiger partial charge in [0.25, 0.3) is 5.56 Å². The summed E-state index contributed by atoms with van der Waals surface area (Å²) < 4.78 is 31.3. The number of nitriles is 1. The molecule has 0 aliphatic rings. The Morgan fingerprint density at radius 3 is 2.59 bits per heavy atom. The predicted molar refractivity (Wildman–Crippen MR) is 103 cm³/mol. The van der Waals surface area contributed by atoms with Crippen molar-refractivity contribution in [2.75, 3.05) is 0 Å². The molecule has 0 fully saturated rings. The molecule has 0 radical (unpaired) electrons. The van der Waals surface area contributed by atoms with E-state index in [1.807, 2.05) is 6.07 Å². The second-order valence-corrected chi connectivity index (χ2v) is 6.32. The molecule has 0 aliphatic carbocycles. The van der Waals surface area contributed by atoms with Gasteiger partial charge in [-0.05, 0) is 36.8 Å². The highest BCUT2D eigenvalue weighted by atomic mass is 19.3. The molecule has 4 aromatic rings. The number of alkyl halides is 2. The van der Waals surface area contributed by atoms with Crippen LogP contribution in [0, 0.1) is 18.3 Å². The number of ether oxygens (including phenoxy) is 1. The van der Waals surface area contributed by atoms with E-state index in [0.29, 0.717) is 33.7 Å². The van der Waals surface area contributed by atoms with Gasteiger partial charge in [-0.25, -0.2) is 0 Å². The van der Waals surface area contributed by atoms with E-state index in [0.717, 1.165) is 5.56 Å². The minimum atomic E-state index is -2.97. The maximum absolute atomic E-state index is 12.8. The van der Waals surface area contributed by atoms with Crippen LogP contribution in [-0.2, 0) is 0 Å². The van der Waals surface area contributed by atoms with E-state index < -0.39 is 6.61 Å². The summed E-state index contributed by atoms with van der Waals surface area (Å²) in [6.45, 7) is -1.23. The molecular formula is C21H14F2N4O2. The van der Waals surface area contributed by atoms with Crippen molar-refractivity contribution in [2.45, 2.75) is 13.5 Å². The van der Waals surface area contributed by atoms with E-state index in [9.17, 15) is 13.6 Å². The lowest BCUT2D eigenvalue weighted by Crippen LogP contribution is -2.14. The quantitative estimate of drug-likeness (QED) is 0.566. The van der Waals surface area contributed by atoms with Gasteiger partial charge in [-0.3, -0.25) is 4.79 Å². The molecule has 1 N–H and O–H groups in total. The number of hydrogen-bond acceptors (Lipinski definition) is 4. The maximum atomic E-state index is 12.8. The number of nitrogens with zero attached hydrogens (tertiary/aromatic N) is 3. The van der Waals surface area contributed by atoms with E-state index >= 15 is 0 Å². The summed E-state index contributed by atoms with van der Waals surface area (Å²) in [7, 11) is 0. The number of H-pyrrole nitrogens is 1. The molecule has 2 aromatic carbocycles. The van der Waals surface area contributed by atoms with Crippen LogP contribution in [-0.4, -0.2) is 21.2 Å². The van der Waals surface area contributed by atoms with E-state index in [1.165, 1.54) is 16.6 Å². The third-order valence-corrected chi connectivity index (χ3v) is 4.54. The van der Waals surface area contributed by atoms with E-state index in [1.54, 1.807) is 49.4 Å². The summed E-state index contributed by atoms with van der Waals surface area (Å²) in [5.74, 6) is -0.0197. The number of aryl methyl sites for hydroxylation is 1. The van der Waals surface area contributed by atoms with Crippen LogP contribution in [0.2, 0.25) is 0 Å². The van der Waals surface area contributed by atoms with Crippen molar-refractivity contribution in [3.05, 3.63) is 76.1 Å². The first-order chi connectivity index (χ1) is 14.0. The second kappa shape index (κ2) is 7.20. The molecule has 2 aromatic heterocycles. The lowest BCUT2D eigenvalue weighted by molar-refractivity contribution is -0.0494. The van der Waals surface area contributed by atoms with Crippen LogP contribution in [0.15, 0.2) is 59.4 Å². The molecular weight excluding hydrogens is 378 g/mol. The number of benzene rings is 2. The monoisotopic (exact) mass is 392 g/mol. The van der Waals surface area contributed by atoms with Crippen LogP contribution in [0.3, 0.4) is 0 Å². The average Bonchev–Trinajstić information content (AvgIpc) is 3.05. The number of hydrogen-bond donors (Lipinski definition) is 1. The summed E-state index contributed by atoms with van der Waals surface area (Å²) >= 11 is 0. The van der Waals surface area contributed by atoms with Crippen LogP contribution < -0.4 is 10.3 Å². The highest BCUT2D eigenvalue weighted by Gasteiger charge is 2.19. The van der Waals surface area contributed by atoms with Gasteiger partial charge in [0, 0.05) is 17.2 Å². The van der Waals surface area contributed by atoms with Crippen molar-refractivity contribution in [1.29, 1.82) is 5.26 Å². The molecule has 4 rings (SSSR count). The summed E-state index contributed by atoms with van der Waals surface area (Å²) in [4.78, 5) is 15.8. The van der Waals surface area contributed by atoms with Gasteiger partial charge in [0.1, 0.15) is 17.1 Å². The summed E-state index contributed by atoms with van der Waals surface area (Å²) in [6.07, 6.45) is 0. The van der Waals surface area contributed by atoms with Gasteiger partial charge in [0.2, 0.25) is 0 Å². The third-order valence-electron chi connectivity index (χ3n) is 4.54. The van der Waals surface area contributed by atoms with Gasteiger partial charge in [-0.2, -0.15) is 23.7 Å². The highest BCUT2D eigenvalue weighted by Crippen LogP contribution is 2.33. The van der Waals surface area contributed by atoms with Crippen LogP contribution >= 0.6 is 0 Å². The smallest absolute Gasteiger partial charge is 0.387 e. The Bertz CT molecular complexity index is 1300. The van der Waals surface area contributed by atoms with Crippen molar-refractivity contribution in [1.82, 2.24) is 14.6 Å². The minimum Gasteiger partial charge on any atom is -0.434 e. The number of fused-ring (bicyclic) bond motifs is 1. The molecule has 0 atom stereocenters. The summed E-state index contributed by atoms with van der Waals surface area (Å²) in [5.41, 5.74) is 3.20. The Kier molecular flexibility index (Phi) is 4.56. The van der Waals surface area contributed by atoms with Gasteiger partial charge in [-0.15, -0.1) is 0 Å². The Morgan fingerprint density at radius 1 is 1.17 bits per heavy atom. The van der Waals surface area contributed by atoms with E-state index in [-0.39, 0.29) is 11.3 Å². The first-order valence-electron chi connectivity index (χ1n) is 8.65. The van der Waals surface area contributed by atoms with Crippen LogP contribution in [0.4, 0.5) is 8.78 Å². The Labute approximate surface area is 163 Å². The fourth-order valence-corrected chi connectivity index (χ4v) is 3.15. The van der Waals surface area contributed by atoms with Crippen molar-refractivity contribution >= 4 is 5.65 Å². The first-order valence-corrected chi connectivity index (χ1v) is 8.65. The topological polar surface area (TPSA) is 83.2 Å². The van der Waals surface area contributed by atoms with Gasteiger partial charge < -0.3 is 9.72 Å². The fraction of sp³-hybridized carbons (Fsp3) is 0.0952. The minimum absolute atomic E-state index is 0.0197. The number of para-hydroxylation sites is 1. The molecule has 0 saturated heterocycles. The fourth-order valence-electron chi connectivity index (χ4n) is 3.15. The van der Waals surface area contributed by atoms with Crippen LogP contribution in [0.5, 0.6) is 5.75 Å². The standard InChI is InChI=1S/C21H14F2N4O2/c1-12-19(15-4-2-3-5-17(15)29-21(22)23)26-27-18(28)10-16(25-20(12)27)14-8-6-13(11-24)7-9-14/h2-10,21,25H,1H3. The zero-order chi connectivity index (χ0) is 20.5. The lowest BCUT2D eigenvalue weighted by atomic mass is 10.1. The molecule has 0 bridgehead atoms. The molecule has 0 amide bonds. The summed E-state index contributed by atoms with van der Waals surface area (Å²) in [5, 5.41) is 13.2. The van der Waals surface area contributed by atoms with Gasteiger partial charge in [0.05, 0.1) is 17.3 Å². The molecule has 0 spiro atoms. The van der Waals surface area contributed by atoms with Crippen molar-refractivity contribution < 1.29 is 13.5 Å². The zero-order valence-electron chi connectivity index (χ0n) is 15.2. The third kappa shape index (κ3) is 3.34. The SMILES string of the molecule is Cc1c(-c2ccccc2OC(F)F)nn2c(=O)cc(-c3ccc(C#N)cc3)[nH]c12. The van der Waals surface area contributed by atoms with Gasteiger partial charge in [0.15, 0.2) is 0 Å². The van der Waals surface area contributed by atoms with Gasteiger partial charge in [-0.1, -0.05) is 24.3 Å². The molecule has 2 heterocycles. The molecule has 29 heavy (non-hydrogen) atoms. The average molecular weight is 392 g/mol. The highest BCUT2D eigenvalue weighted by molar-refractivity contribution is 5.76. The van der Waals surface area contributed by atoms with Crippen LogP contribution in [0.25, 0.3) is 28.2 Å². The Balaban J connectivity index is 1.88. The lowest BCUT2D eigenvalue weighted by Gasteiger charge is -2.09. The second-order valence-electron chi connectivity index (χ2n) is 6.32.